The summed E-state index contributed by atoms with van der Waals surface area (Å²) in [5, 5.41) is 0. The number of hydrogen-bond donors (Lipinski definition) is 0. The first kappa shape index (κ1) is 26.9. The van der Waals surface area contributed by atoms with Crippen LogP contribution in [0.25, 0.3) is 12.2 Å². The molecule has 0 aromatic heterocycles. The van der Waals surface area contributed by atoms with E-state index in [9.17, 15) is 0 Å². The van der Waals surface area contributed by atoms with Crippen LogP contribution in [0.15, 0.2) is 158 Å². The first-order chi connectivity index (χ1) is 20.6. The van der Waals surface area contributed by atoms with Crippen LogP contribution in [0.3, 0.4) is 0 Å². The molecule has 6 aromatic rings. The van der Waals surface area contributed by atoms with Crippen LogP contribution in [0.4, 0.5) is 34.1 Å². The average molecular weight is 543 g/mol. The van der Waals surface area contributed by atoms with Crippen molar-refractivity contribution in [1.29, 1.82) is 0 Å². The predicted octanol–water partition coefficient (Wildman–Crippen LogP) is 11.4. The largest absolute Gasteiger partial charge is 0.311 e. The number of benzene rings is 6. The fourth-order valence-electron chi connectivity index (χ4n) is 5.24. The smallest absolute Gasteiger partial charge is 0.0464 e. The molecule has 0 radical (unpaired) electrons. The number of rotatable bonds is 8. The Morgan fingerprint density at radius 3 is 1.05 bits per heavy atom. The number of anilines is 6. The van der Waals surface area contributed by atoms with Gasteiger partial charge in [-0.2, -0.15) is 0 Å². The molecule has 0 atom stereocenters. The molecule has 0 amide bonds. The summed E-state index contributed by atoms with van der Waals surface area (Å²) in [4.78, 5) is 4.60. The van der Waals surface area contributed by atoms with Crippen molar-refractivity contribution >= 4 is 46.3 Å². The fourth-order valence-corrected chi connectivity index (χ4v) is 5.24. The molecule has 0 fully saturated rings. The molecule has 0 saturated carbocycles. The lowest BCUT2D eigenvalue weighted by Gasteiger charge is -2.26. The van der Waals surface area contributed by atoms with E-state index in [4.69, 9.17) is 0 Å². The maximum atomic E-state index is 2.32. The maximum Gasteiger partial charge on any atom is 0.0464 e. The Balaban J connectivity index is 1.24. The summed E-state index contributed by atoms with van der Waals surface area (Å²) < 4.78 is 0. The zero-order chi connectivity index (χ0) is 28.7. The summed E-state index contributed by atoms with van der Waals surface area (Å²) in [6.07, 6.45) is 4.35. The molecule has 0 aliphatic heterocycles. The summed E-state index contributed by atoms with van der Waals surface area (Å²) in [7, 11) is 0. The lowest BCUT2D eigenvalue weighted by atomic mass is 10.1. The van der Waals surface area contributed by atoms with Crippen molar-refractivity contribution in [3.63, 3.8) is 0 Å². The third kappa shape index (κ3) is 6.19. The topological polar surface area (TPSA) is 6.48 Å². The van der Waals surface area contributed by atoms with Crippen LogP contribution in [0, 0.1) is 13.8 Å². The molecule has 6 rings (SSSR count). The minimum absolute atomic E-state index is 1.13. The van der Waals surface area contributed by atoms with Crippen LogP contribution in [0.1, 0.15) is 22.3 Å². The van der Waals surface area contributed by atoms with Gasteiger partial charge in [-0.15, -0.1) is 0 Å². The second-order valence-electron chi connectivity index (χ2n) is 10.5. The minimum atomic E-state index is 1.13. The Morgan fingerprint density at radius 1 is 0.333 bits per heavy atom. The standard InChI is InChI=1S/C40H34N2/c1-31-11-9-17-39(29-31)42(40-18-10-12-32(2)30-40)38-27-23-34(24-28-38)20-19-33-21-25-37(26-22-33)41(35-13-5-3-6-14-35)36-15-7-4-8-16-36/h3-30H,1-2H3/b20-19+. The van der Waals surface area contributed by atoms with Crippen LogP contribution in [-0.2, 0) is 0 Å². The molecular weight excluding hydrogens is 508 g/mol. The number of aryl methyl sites for hydroxylation is 2. The molecule has 6 aromatic carbocycles. The quantitative estimate of drug-likeness (QED) is 0.176. The van der Waals surface area contributed by atoms with Crippen molar-refractivity contribution in [3.05, 3.63) is 180 Å². The maximum absolute atomic E-state index is 2.32. The van der Waals surface area contributed by atoms with E-state index in [2.05, 4.69) is 194 Å². The molecule has 2 heteroatoms. The van der Waals surface area contributed by atoms with E-state index in [-0.39, 0.29) is 0 Å². The Morgan fingerprint density at radius 2 is 0.667 bits per heavy atom. The summed E-state index contributed by atoms with van der Waals surface area (Å²) in [6, 6.07) is 55.8. The van der Waals surface area contributed by atoms with Gasteiger partial charge in [-0.25, -0.2) is 0 Å². The molecule has 0 heterocycles. The highest BCUT2D eigenvalue weighted by atomic mass is 15.1. The van der Waals surface area contributed by atoms with Crippen LogP contribution in [0.2, 0.25) is 0 Å². The monoisotopic (exact) mass is 542 g/mol. The summed E-state index contributed by atoms with van der Waals surface area (Å²) >= 11 is 0. The fraction of sp³-hybridized carbons (Fsp3) is 0.0500. The minimum Gasteiger partial charge on any atom is -0.311 e. The van der Waals surface area contributed by atoms with Crippen molar-refractivity contribution in [3.8, 4) is 0 Å². The molecule has 0 N–H and O–H groups in total. The Labute approximate surface area is 249 Å². The van der Waals surface area contributed by atoms with Crippen molar-refractivity contribution in [2.45, 2.75) is 13.8 Å². The van der Waals surface area contributed by atoms with E-state index in [0.717, 1.165) is 45.3 Å². The Bertz CT molecular complexity index is 1690. The molecule has 0 aliphatic carbocycles. The zero-order valence-corrected chi connectivity index (χ0v) is 24.1. The molecule has 0 unspecified atom stereocenters. The SMILES string of the molecule is Cc1cccc(N(c2ccc(/C=C/c3ccc(N(c4ccccc4)c4ccccc4)cc3)cc2)c2cccc(C)c2)c1. The lowest BCUT2D eigenvalue weighted by molar-refractivity contribution is 1.26. The predicted molar refractivity (Wildman–Crippen MR) is 181 cm³/mol. The van der Waals surface area contributed by atoms with Gasteiger partial charge in [0.25, 0.3) is 0 Å². The van der Waals surface area contributed by atoms with Gasteiger partial charge in [-0.05, 0) is 109 Å². The van der Waals surface area contributed by atoms with Gasteiger partial charge in [0.2, 0.25) is 0 Å². The van der Waals surface area contributed by atoms with Gasteiger partial charge in [0, 0.05) is 34.1 Å². The number of hydrogen-bond acceptors (Lipinski definition) is 2. The first-order valence-corrected chi connectivity index (χ1v) is 14.4. The zero-order valence-electron chi connectivity index (χ0n) is 24.1. The molecule has 2 nitrogen and oxygen atoms in total. The highest BCUT2D eigenvalue weighted by molar-refractivity contribution is 5.80. The number of nitrogens with zero attached hydrogens (tertiary/aromatic N) is 2. The van der Waals surface area contributed by atoms with Gasteiger partial charge in [0.05, 0.1) is 0 Å². The molecule has 42 heavy (non-hydrogen) atoms. The van der Waals surface area contributed by atoms with Crippen molar-refractivity contribution in [2.24, 2.45) is 0 Å². The van der Waals surface area contributed by atoms with Gasteiger partial charge in [-0.3, -0.25) is 0 Å². The van der Waals surface area contributed by atoms with E-state index in [0.29, 0.717) is 0 Å². The van der Waals surface area contributed by atoms with Gasteiger partial charge in [0.15, 0.2) is 0 Å². The second kappa shape index (κ2) is 12.4. The van der Waals surface area contributed by atoms with E-state index in [1.807, 2.05) is 0 Å². The van der Waals surface area contributed by atoms with Gasteiger partial charge < -0.3 is 9.80 Å². The first-order valence-electron chi connectivity index (χ1n) is 14.4. The van der Waals surface area contributed by atoms with Gasteiger partial charge >= 0.3 is 0 Å². The molecule has 0 aliphatic rings. The van der Waals surface area contributed by atoms with E-state index < -0.39 is 0 Å². The van der Waals surface area contributed by atoms with Crippen LogP contribution >= 0.6 is 0 Å². The third-order valence-electron chi connectivity index (χ3n) is 7.32. The Kier molecular flexibility index (Phi) is 7.96. The lowest BCUT2D eigenvalue weighted by Crippen LogP contribution is -2.10. The van der Waals surface area contributed by atoms with Crippen LogP contribution in [0.5, 0.6) is 0 Å². The molecule has 0 spiro atoms. The normalized spacial score (nSPS) is 11.0. The van der Waals surface area contributed by atoms with Gasteiger partial charge in [0.1, 0.15) is 0 Å². The number of para-hydroxylation sites is 2. The van der Waals surface area contributed by atoms with Crippen LogP contribution < -0.4 is 9.80 Å². The average Bonchev–Trinajstić information content (AvgIpc) is 3.03. The van der Waals surface area contributed by atoms with E-state index in [1.54, 1.807) is 0 Å². The molecule has 204 valence electrons. The van der Waals surface area contributed by atoms with Crippen molar-refractivity contribution in [1.82, 2.24) is 0 Å². The third-order valence-corrected chi connectivity index (χ3v) is 7.32. The van der Waals surface area contributed by atoms with Crippen LogP contribution in [-0.4, -0.2) is 0 Å². The highest BCUT2D eigenvalue weighted by Gasteiger charge is 2.13. The van der Waals surface area contributed by atoms with Crippen molar-refractivity contribution < 1.29 is 0 Å². The summed E-state index contributed by atoms with van der Waals surface area (Å²) in [6.45, 7) is 4.28. The summed E-state index contributed by atoms with van der Waals surface area (Å²) in [5.74, 6) is 0. The molecule has 0 bridgehead atoms. The summed E-state index contributed by atoms with van der Waals surface area (Å²) in [5.41, 5.74) is 11.6. The molecular formula is C40H34N2. The van der Waals surface area contributed by atoms with E-state index in [1.165, 1.54) is 11.1 Å². The van der Waals surface area contributed by atoms with E-state index >= 15 is 0 Å². The highest BCUT2D eigenvalue weighted by Crippen LogP contribution is 2.36. The Hall–Kier alpha value is -5.34. The van der Waals surface area contributed by atoms with Gasteiger partial charge in [-0.1, -0.05) is 97.1 Å². The second-order valence-corrected chi connectivity index (χ2v) is 10.5. The van der Waals surface area contributed by atoms with Crippen molar-refractivity contribution in [2.75, 3.05) is 9.80 Å². The molecule has 0 saturated heterocycles.